The molecule has 0 saturated heterocycles. The van der Waals surface area contributed by atoms with Crippen LogP contribution in [0.3, 0.4) is 0 Å². The Morgan fingerprint density at radius 1 is 1.11 bits per heavy atom. The molecule has 2 aromatic heterocycles. The Morgan fingerprint density at radius 3 is 2.63 bits per heavy atom. The Kier molecular flexibility index (Phi) is 2.90. The van der Waals surface area contributed by atoms with Gasteiger partial charge in [0.2, 0.25) is 0 Å². The number of aromatic amines is 1. The molecule has 3 nitrogen and oxygen atoms in total. The van der Waals surface area contributed by atoms with Crippen LogP contribution >= 0.6 is 0 Å². The van der Waals surface area contributed by atoms with Crippen LogP contribution in [0.5, 0.6) is 5.75 Å². The fourth-order valence-electron chi connectivity index (χ4n) is 2.60. The van der Waals surface area contributed by atoms with E-state index in [1.165, 1.54) is 16.3 Å². The summed E-state index contributed by atoms with van der Waals surface area (Å²) in [6.45, 7) is 4.29. The average Bonchev–Trinajstić information content (AvgIpc) is 2.83. The number of aromatic nitrogens is 2. The van der Waals surface area contributed by atoms with Gasteiger partial charge < -0.3 is 9.72 Å². The summed E-state index contributed by atoms with van der Waals surface area (Å²) in [5.41, 5.74) is 4.62. The first-order valence-electron chi connectivity index (χ1n) is 6.75. The molecule has 2 heterocycles. The molecular weight excluding hydrogens is 236 g/mol. The lowest BCUT2D eigenvalue weighted by molar-refractivity contribution is 0.415. The maximum atomic E-state index is 5.32. The molecule has 1 aromatic carbocycles. The third kappa shape index (κ3) is 1.86. The number of hydrogen-bond acceptors (Lipinski definition) is 2. The third-order valence-corrected chi connectivity index (χ3v) is 3.61. The van der Waals surface area contributed by atoms with Gasteiger partial charge in [-0.3, -0.25) is 4.98 Å². The number of pyridine rings is 1. The summed E-state index contributed by atoms with van der Waals surface area (Å²) in [6.07, 6.45) is 1.90. The highest BCUT2D eigenvalue weighted by Gasteiger charge is 2.11. The number of nitrogens with zero attached hydrogens (tertiary/aromatic N) is 1. The molecule has 3 rings (SSSR count). The molecule has 0 spiro atoms. The minimum absolute atomic E-state index is 0.884. The lowest BCUT2D eigenvalue weighted by Crippen LogP contribution is -1.94. The van der Waals surface area contributed by atoms with Crippen LogP contribution in [0, 0.1) is 0 Å². The summed E-state index contributed by atoms with van der Waals surface area (Å²) in [4.78, 5) is 8.24. The molecule has 0 bridgehead atoms. The molecule has 19 heavy (non-hydrogen) atoms. The zero-order valence-corrected chi connectivity index (χ0v) is 11.6. The van der Waals surface area contributed by atoms with Gasteiger partial charge in [0.1, 0.15) is 5.75 Å². The molecule has 0 aliphatic rings. The monoisotopic (exact) mass is 254 g/mol. The maximum absolute atomic E-state index is 5.32. The van der Waals surface area contributed by atoms with Crippen molar-refractivity contribution in [1.29, 1.82) is 0 Å². The summed E-state index contributed by atoms with van der Waals surface area (Å²) in [5.74, 6) is 0.884. The van der Waals surface area contributed by atoms with Crippen molar-refractivity contribution >= 4 is 21.8 Å². The van der Waals surface area contributed by atoms with Gasteiger partial charge in [-0.25, -0.2) is 0 Å². The zero-order valence-electron chi connectivity index (χ0n) is 11.6. The van der Waals surface area contributed by atoms with Crippen LogP contribution in [0.1, 0.15) is 25.2 Å². The summed E-state index contributed by atoms with van der Waals surface area (Å²) < 4.78 is 5.32. The summed E-state index contributed by atoms with van der Waals surface area (Å²) in [7, 11) is 1.70. The van der Waals surface area contributed by atoms with Crippen molar-refractivity contribution in [2.24, 2.45) is 0 Å². The minimum Gasteiger partial charge on any atom is -0.497 e. The smallest absolute Gasteiger partial charge is 0.119 e. The van der Waals surface area contributed by atoms with Crippen LogP contribution in [0.2, 0.25) is 0 Å². The molecule has 0 amide bonds. The van der Waals surface area contributed by atoms with Crippen molar-refractivity contribution in [2.75, 3.05) is 7.11 Å². The molecule has 98 valence electrons. The van der Waals surface area contributed by atoms with Crippen molar-refractivity contribution in [3.05, 3.63) is 35.7 Å². The Hall–Kier alpha value is -2.03. The van der Waals surface area contributed by atoms with E-state index in [4.69, 9.17) is 9.72 Å². The van der Waals surface area contributed by atoms with Crippen molar-refractivity contribution in [3.8, 4) is 5.75 Å². The van der Waals surface area contributed by atoms with E-state index in [2.05, 4.69) is 37.0 Å². The van der Waals surface area contributed by atoms with Gasteiger partial charge in [0, 0.05) is 22.0 Å². The van der Waals surface area contributed by atoms with Crippen LogP contribution in [0.15, 0.2) is 24.3 Å². The topological polar surface area (TPSA) is 37.9 Å². The number of nitrogens with one attached hydrogen (secondary N) is 1. The predicted molar refractivity (Wildman–Crippen MR) is 78.9 cm³/mol. The largest absolute Gasteiger partial charge is 0.497 e. The SMILES string of the molecule is CCc1cc2[nH]c3ccc(OC)cc3c2c(CC)n1. The molecule has 0 aliphatic heterocycles. The van der Waals surface area contributed by atoms with E-state index < -0.39 is 0 Å². The minimum atomic E-state index is 0.884. The average molecular weight is 254 g/mol. The lowest BCUT2D eigenvalue weighted by atomic mass is 10.1. The fraction of sp³-hybridized carbons (Fsp3) is 0.312. The van der Waals surface area contributed by atoms with Gasteiger partial charge in [0.05, 0.1) is 18.3 Å². The highest BCUT2D eigenvalue weighted by molar-refractivity contribution is 6.09. The van der Waals surface area contributed by atoms with Gasteiger partial charge in [-0.1, -0.05) is 13.8 Å². The number of ether oxygens (including phenoxy) is 1. The van der Waals surface area contributed by atoms with Crippen molar-refractivity contribution in [1.82, 2.24) is 9.97 Å². The zero-order chi connectivity index (χ0) is 13.4. The molecule has 3 aromatic rings. The van der Waals surface area contributed by atoms with Gasteiger partial charge in [-0.05, 0) is 37.1 Å². The van der Waals surface area contributed by atoms with E-state index in [-0.39, 0.29) is 0 Å². The molecular formula is C16H18N2O. The molecule has 0 unspecified atom stereocenters. The van der Waals surface area contributed by atoms with Gasteiger partial charge in [0.15, 0.2) is 0 Å². The molecule has 0 atom stereocenters. The van der Waals surface area contributed by atoms with Crippen LogP contribution < -0.4 is 4.74 Å². The first-order chi connectivity index (χ1) is 9.26. The second kappa shape index (κ2) is 4.57. The highest BCUT2D eigenvalue weighted by Crippen LogP contribution is 2.31. The predicted octanol–water partition coefficient (Wildman–Crippen LogP) is 3.85. The maximum Gasteiger partial charge on any atom is 0.119 e. The van der Waals surface area contributed by atoms with Crippen LogP contribution in [0.4, 0.5) is 0 Å². The molecule has 3 heteroatoms. The summed E-state index contributed by atoms with van der Waals surface area (Å²) in [6, 6.07) is 8.29. The molecule has 1 N–H and O–H groups in total. The number of hydrogen-bond donors (Lipinski definition) is 1. The standard InChI is InChI=1S/C16H18N2O/c1-4-10-8-15-16(13(5-2)17-10)12-9-11(19-3)6-7-14(12)18-15/h6-9,18H,4-5H2,1-3H3. The first kappa shape index (κ1) is 12.0. The Balaban J connectivity index is 2.41. The first-order valence-corrected chi connectivity index (χ1v) is 6.75. The van der Waals surface area contributed by atoms with Crippen molar-refractivity contribution < 1.29 is 4.74 Å². The number of benzene rings is 1. The second-order valence-electron chi connectivity index (χ2n) is 4.73. The van der Waals surface area contributed by atoms with E-state index in [1.54, 1.807) is 7.11 Å². The highest BCUT2D eigenvalue weighted by atomic mass is 16.5. The third-order valence-electron chi connectivity index (χ3n) is 3.61. The lowest BCUT2D eigenvalue weighted by Gasteiger charge is -2.04. The van der Waals surface area contributed by atoms with Gasteiger partial charge in [0.25, 0.3) is 0 Å². The van der Waals surface area contributed by atoms with Gasteiger partial charge >= 0.3 is 0 Å². The Morgan fingerprint density at radius 2 is 1.95 bits per heavy atom. The van der Waals surface area contributed by atoms with Crippen molar-refractivity contribution in [2.45, 2.75) is 26.7 Å². The van der Waals surface area contributed by atoms with Crippen LogP contribution in [-0.4, -0.2) is 17.1 Å². The van der Waals surface area contributed by atoms with E-state index in [9.17, 15) is 0 Å². The summed E-state index contributed by atoms with van der Waals surface area (Å²) in [5, 5.41) is 2.43. The number of fused-ring (bicyclic) bond motifs is 3. The Bertz CT molecular complexity index is 743. The normalized spacial score (nSPS) is 11.3. The van der Waals surface area contributed by atoms with Gasteiger partial charge in [-0.2, -0.15) is 0 Å². The molecule has 0 saturated carbocycles. The van der Waals surface area contributed by atoms with E-state index in [0.717, 1.165) is 35.5 Å². The van der Waals surface area contributed by atoms with E-state index in [0.29, 0.717) is 0 Å². The molecule has 0 aliphatic carbocycles. The Labute approximate surface area is 112 Å². The second-order valence-corrected chi connectivity index (χ2v) is 4.73. The quantitative estimate of drug-likeness (QED) is 0.771. The van der Waals surface area contributed by atoms with Crippen LogP contribution in [0.25, 0.3) is 21.8 Å². The number of H-pyrrole nitrogens is 1. The molecule has 0 fully saturated rings. The van der Waals surface area contributed by atoms with Crippen LogP contribution in [-0.2, 0) is 12.8 Å². The van der Waals surface area contributed by atoms with Crippen molar-refractivity contribution in [3.63, 3.8) is 0 Å². The van der Waals surface area contributed by atoms with E-state index in [1.807, 2.05) is 6.07 Å². The number of aryl methyl sites for hydroxylation is 2. The number of rotatable bonds is 3. The molecule has 0 radical (unpaired) electrons. The van der Waals surface area contributed by atoms with Gasteiger partial charge in [-0.15, -0.1) is 0 Å². The fourth-order valence-corrected chi connectivity index (χ4v) is 2.60. The van der Waals surface area contributed by atoms with E-state index >= 15 is 0 Å². The number of methoxy groups -OCH3 is 1. The summed E-state index contributed by atoms with van der Waals surface area (Å²) >= 11 is 0.